The molecule has 0 saturated carbocycles. The van der Waals surface area contributed by atoms with Gasteiger partial charge in [-0.05, 0) is 29.1 Å². The Labute approximate surface area is 158 Å². The first-order chi connectivity index (χ1) is 12.6. The lowest BCUT2D eigenvalue weighted by Gasteiger charge is -2.08. The van der Waals surface area contributed by atoms with E-state index in [1.807, 2.05) is 30.6 Å². The van der Waals surface area contributed by atoms with Crippen molar-refractivity contribution >= 4 is 45.7 Å². The summed E-state index contributed by atoms with van der Waals surface area (Å²) in [6, 6.07) is 9.17. The van der Waals surface area contributed by atoms with Crippen molar-refractivity contribution in [2.24, 2.45) is 7.05 Å². The number of nitrogens with zero attached hydrogens (tertiary/aromatic N) is 4. The fraction of sp³-hybridized carbons (Fsp3) is 0.111. The molecule has 0 radical (unpaired) electrons. The third-order valence-corrected chi connectivity index (χ3v) is 5.19. The minimum Gasteiger partial charge on any atom is -0.350 e. The van der Waals surface area contributed by atoms with Crippen LogP contribution in [0.1, 0.15) is 20.9 Å². The normalized spacial score (nSPS) is 11.0. The first-order valence-electron chi connectivity index (χ1n) is 7.87. The van der Waals surface area contributed by atoms with Crippen molar-refractivity contribution in [2.75, 3.05) is 5.32 Å². The van der Waals surface area contributed by atoms with Crippen molar-refractivity contribution in [1.82, 2.24) is 19.5 Å². The van der Waals surface area contributed by atoms with E-state index in [-0.39, 0.29) is 5.78 Å². The Balaban J connectivity index is 1.76. The average molecular weight is 384 g/mol. The van der Waals surface area contributed by atoms with Gasteiger partial charge < -0.3 is 9.88 Å². The second kappa shape index (κ2) is 6.86. The molecule has 4 heterocycles. The van der Waals surface area contributed by atoms with E-state index < -0.39 is 0 Å². The summed E-state index contributed by atoms with van der Waals surface area (Å²) in [5.74, 6) is 0.234. The van der Waals surface area contributed by atoms with Crippen LogP contribution in [0.2, 0.25) is 5.15 Å². The van der Waals surface area contributed by atoms with Gasteiger partial charge in [-0.2, -0.15) is 4.98 Å². The van der Waals surface area contributed by atoms with Crippen molar-refractivity contribution in [3.05, 3.63) is 69.4 Å². The molecule has 26 heavy (non-hydrogen) atoms. The largest absolute Gasteiger partial charge is 0.350 e. The van der Waals surface area contributed by atoms with E-state index >= 15 is 0 Å². The van der Waals surface area contributed by atoms with Crippen LogP contribution in [0.3, 0.4) is 0 Å². The quantitative estimate of drug-likeness (QED) is 0.529. The molecular formula is C18H14ClN5OS. The van der Waals surface area contributed by atoms with Gasteiger partial charge in [-0.3, -0.25) is 9.78 Å². The second-order valence-corrected chi connectivity index (χ2v) is 7.02. The number of aryl methyl sites for hydroxylation is 1. The summed E-state index contributed by atoms with van der Waals surface area (Å²) in [6.45, 7) is 0.504. The van der Waals surface area contributed by atoms with Gasteiger partial charge in [0, 0.05) is 26.0 Å². The van der Waals surface area contributed by atoms with E-state index in [4.69, 9.17) is 11.6 Å². The van der Waals surface area contributed by atoms with Crippen LogP contribution in [0.5, 0.6) is 0 Å². The highest BCUT2D eigenvalue weighted by Crippen LogP contribution is 2.27. The van der Waals surface area contributed by atoms with Crippen LogP contribution in [0.25, 0.3) is 11.0 Å². The summed E-state index contributed by atoms with van der Waals surface area (Å²) in [5, 5.41) is 6.17. The Morgan fingerprint density at radius 1 is 1.31 bits per heavy atom. The molecule has 0 saturated heterocycles. The average Bonchev–Trinajstić information content (AvgIpc) is 3.29. The lowest BCUT2D eigenvalue weighted by atomic mass is 10.2. The number of halogens is 1. The number of carbonyl (C=O) groups is 1. The molecule has 0 aliphatic carbocycles. The van der Waals surface area contributed by atoms with Crippen molar-refractivity contribution in [2.45, 2.75) is 6.54 Å². The van der Waals surface area contributed by atoms with Crippen LogP contribution >= 0.6 is 22.9 Å². The molecule has 0 fully saturated rings. The maximum atomic E-state index is 12.9. The van der Waals surface area contributed by atoms with Crippen molar-refractivity contribution in [3.8, 4) is 0 Å². The number of carbonyl (C=O) groups excluding carboxylic acids is 1. The molecule has 4 rings (SSSR count). The maximum Gasteiger partial charge on any atom is 0.225 e. The van der Waals surface area contributed by atoms with Gasteiger partial charge >= 0.3 is 0 Å². The van der Waals surface area contributed by atoms with E-state index in [0.29, 0.717) is 39.3 Å². The lowest BCUT2D eigenvalue weighted by Crippen LogP contribution is -2.10. The van der Waals surface area contributed by atoms with Crippen molar-refractivity contribution in [3.63, 3.8) is 0 Å². The summed E-state index contributed by atoms with van der Waals surface area (Å²) in [7, 11) is 1.81. The molecule has 0 aliphatic heterocycles. The predicted octanol–water partition coefficient (Wildman–Crippen LogP) is 3.92. The first-order valence-corrected chi connectivity index (χ1v) is 9.13. The summed E-state index contributed by atoms with van der Waals surface area (Å²) < 4.78 is 1.74. The van der Waals surface area contributed by atoms with E-state index in [9.17, 15) is 4.79 Å². The molecule has 8 heteroatoms. The van der Waals surface area contributed by atoms with Crippen LogP contribution in [0, 0.1) is 0 Å². The zero-order valence-electron chi connectivity index (χ0n) is 13.8. The molecule has 0 aromatic carbocycles. The van der Waals surface area contributed by atoms with Crippen molar-refractivity contribution in [1.29, 1.82) is 0 Å². The first kappa shape index (κ1) is 16.7. The van der Waals surface area contributed by atoms with Crippen LogP contribution in [0.15, 0.2) is 48.1 Å². The molecule has 0 bridgehead atoms. The minimum atomic E-state index is -0.140. The zero-order valence-corrected chi connectivity index (χ0v) is 15.4. The van der Waals surface area contributed by atoms with Gasteiger partial charge in [-0.15, -0.1) is 11.3 Å². The standard InChI is InChI=1S/C18H14ClN5OS/c1-24-14(19)8-12-15(16(25)13-5-3-7-26-13)22-18(23-17(12)24)21-10-11-4-2-6-20-9-11/h2-9H,10H2,1H3,(H,21,22,23). The highest BCUT2D eigenvalue weighted by Gasteiger charge is 2.20. The van der Waals surface area contributed by atoms with Crippen LogP contribution < -0.4 is 5.32 Å². The molecule has 1 N–H and O–H groups in total. The Hall–Kier alpha value is -2.77. The number of pyridine rings is 1. The number of fused-ring (bicyclic) bond motifs is 1. The topological polar surface area (TPSA) is 72.7 Å². The van der Waals surface area contributed by atoms with E-state index in [1.54, 1.807) is 29.1 Å². The number of nitrogens with one attached hydrogen (secondary N) is 1. The SMILES string of the molecule is Cn1c(Cl)cc2c(C(=O)c3cccs3)nc(NCc3cccnc3)nc21. The number of hydrogen-bond acceptors (Lipinski definition) is 6. The Bertz CT molecular complexity index is 1080. The molecule has 4 aromatic heterocycles. The number of hydrogen-bond donors (Lipinski definition) is 1. The molecule has 0 amide bonds. The number of aromatic nitrogens is 4. The summed E-state index contributed by atoms with van der Waals surface area (Å²) >= 11 is 7.62. The number of ketones is 1. The van der Waals surface area contributed by atoms with Crippen LogP contribution in [-0.4, -0.2) is 25.3 Å². The van der Waals surface area contributed by atoms with Crippen LogP contribution in [-0.2, 0) is 13.6 Å². The van der Waals surface area contributed by atoms with Gasteiger partial charge in [-0.1, -0.05) is 23.7 Å². The van der Waals surface area contributed by atoms with Gasteiger partial charge in [0.1, 0.15) is 16.5 Å². The van der Waals surface area contributed by atoms with E-state index in [0.717, 1.165) is 5.56 Å². The Morgan fingerprint density at radius 3 is 2.92 bits per heavy atom. The van der Waals surface area contributed by atoms with Gasteiger partial charge in [0.2, 0.25) is 11.7 Å². The molecule has 0 spiro atoms. The van der Waals surface area contributed by atoms with Gasteiger partial charge in [-0.25, -0.2) is 4.98 Å². The lowest BCUT2D eigenvalue weighted by molar-refractivity contribution is 0.103. The monoisotopic (exact) mass is 383 g/mol. The summed E-state index contributed by atoms with van der Waals surface area (Å²) in [4.78, 5) is 26.6. The summed E-state index contributed by atoms with van der Waals surface area (Å²) in [5.41, 5.74) is 1.94. The Kier molecular flexibility index (Phi) is 4.40. The molecule has 0 aliphatic rings. The predicted molar refractivity (Wildman–Crippen MR) is 103 cm³/mol. The van der Waals surface area contributed by atoms with E-state index in [2.05, 4.69) is 20.3 Å². The third-order valence-electron chi connectivity index (χ3n) is 3.96. The highest BCUT2D eigenvalue weighted by atomic mass is 35.5. The van der Waals surface area contributed by atoms with Gasteiger partial charge in [0.15, 0.2) is 0 Å². The molecule has 130 valence electrons. The third kappa shape index (κ3) is 3.07. The smallest absolute Gasteiger partial charge is 0.225 e. The maximum absolute atomic E-state index is 12.9. The van der Waals surface area contributed by atoms with Gasteiger partial charge in [0.05, 0.1) is 10.3 Å². The molecule has 4 aromatic rings. The van der Waals surface area contributed by atoms with Gasteiger partial charge in [0.25, 0.3) is 0 Å². The van der Waals surface area contributed by atoms with E-state index in [1.165, 1.54) is 11.3 Å². The number of anilines is 1. The summed E-state index contributed by atoms with van der Waals surface area (Å²) in [6.07, 6.45) is 3.48. The Morgan fingerprint density at radius 2 is 2.19 bits per heavy atom. The minimum absolute atomic E-state index is 0.140. The fourth-order valence-electron chi connectivity index (χ4n) is 2.62. The number of rotatable bonds is 5. The molecular weight excluding hydrogens is 370 g/mol. The number of thiophene rings is 1. The molecule has 6 nitrogen and oxygen atoms in total. The molecule has 0 atom stereocenters. The van der Waals surface area contributed by atoms with Crippen molar-refractivity contribution < 1.29 is 4.79 Å². The fourth-order valence-corrected chi connectivity index (χ4v) is 3.48. The highest BCUT2D eigenvalue weighted by molar-refractivity contribution is 7.12. The second-order valence-electron chi connectivity index (χ2n) is 5.68. The zero-order chi connectivity index (χ0) is 18.1. The van der Waals surface area contributed by atoms with Crippen LogP contribution in [0.4, 0.5) is 5.95 Å². The molecule has 0 unspecified atom stereocenters.